The van der Waals surface area contributed by atoms with Crippen molar-refractivity contribution in [2.24, 2.45) is 0 Å². The minimum absolute atomic E-state index is 0.472. The maximum absolute atomic E-state index is 12.2. The summed E-state index contributed by atoms with van der Waals surface area (Å²) in [6, 6.07) is 1.90. The molecule has 0 spiro atoms. The van der Waals surface area contributed by atoms with Crippen LogP contribution in [0.15, 0.2) is 17.2 Å². The second kappa shape index (κ2) is 3.72. The van der Waals surface area contributed by atoms with E-state index >= 15 is 0 Å². The molecule has 1 rings (SSSR count). The van der Waals surface area contributed by atoms with Crippen molar-refractivity contribution < 1.29 is 4.39 Å². The van der Waals surface area contributed by atoms with Gasteiger partial charge in [0.1, 0.15) is 6.67 Å². The van der Waals surface area contributed by atoms with Crippen LogP contribution in [-0.2, 0) is 6.67 Å². The highest BCUT2D eigenvalue weighted by atomic mass is 32.2. The zero-order valence-electron chi connectivity index (χ0n) is 6.60. The van der Waals surface area contributed by atoms with Crippen LogP contribution in [0.3, 0.4) is 0 Å². The van der Waals surface area contributed by atoms with Gasteiger partial charge in [-0.3, -0.25) is 4.98 Å². The number of nitrogens with zero attached hydrogens (tertiary/aromatic N) is 1. The van der Waals surface area contributed by atoms with Gasteiger partial charge in [0.05, 0.1) is 5.69 Å². The predicted molar refractivity (Wildman–Crippen MR) is 45.6 cm³/mol. The smallest absolute Gasteiger partial charge is 0.132 e. The van der Waals surface area contributed by atoms with E-state index in [2.05, 4.69) is 4.98 Å². The summed E-state index contributed by atoms with van der Waals surface area (Å²) in [6.07, 6.45) is 3.62. The summed E-state index contributed by atoms with van der Waals surface area (Å²) in [5.74, 6) is 0. The number of pyridine rings is 1. The molecule has 0 fully saturated rings. The van der Waals surface area contributed by atoms with Gasteiger partial charge in [-0.1, -0.05) is 0 Å². The van der Waals surface area contributed by atoms with Gasteiger partial charge in [-0.15, -0.1) is 11.8 Å². The van der Waals surface area contributed by atoms with Crippen LogP contribution in [0.4, 0.5) is 4.39 Å². The van der Waals surface area contributed by atoms with Crippen LogP contribution >= 0.6 is 11.8 Å². The van der Waals surface area contributed by atoms with Crippen LogP contribution < -0.4 is 0 Å². The molecule has 0 aliphatic heterocycles. The van der Waals surface area contributed by atoms with E-state index in [1.165, 1.54) is 0 Å². The van der Waals surface area contributed by atoms with Crippen LogP contribution in [0.5, 0.6) is 0 Å². The van der Waals surface area contributed by atoms with Crippen LogP contribution in [0.1, 0.15) is 11.3 Å². The van der Waals surface area contributed by atoms with Crippen molar-refractivity contribution in [1.82, 2.24) is 4.98 Å². The van der Waals surface area contributed by atoms with Crippen LogP contribution in [0, 0.1) is 6.92 Å². The fourth-order valence-corrected chi connectivity index (χ4v) is 1.54. The largest absolute Gasteiger partial charge is 0.258 e. The highest BCUT2D eigenvalue weighted by Gasteiger charge is 2.02. The first-order valence-electron chi connectivity index (χ1n) is 3.34. The molecule has 0 aliphatic rings. The topological polar surface area (TPSA) is 12.9 Å². The van der Waals surface area contributed by atoms with Gasteiger partial charge in [0.15, 0.2) is 0 Å². The van der Waals surface area contributed by atoms with E-state index in [0.29, 0.717) is 5.69 Å². The summed E-state index contributed by atoms with van der Waals surface area (Å²) in [7, 11) is 0. The molecule has 0 bridgehead atoms. The molecule has 1 nitrogen and oxygen atoms in total. The van der Waals surface area contributed by atoms with Gasteiger partial charge in [0, 0.05) is 11.1 Å². The first-order chi connectivity index (χ1) is 5.29. The van der Waals surface area contributed by atoms with E-state index in [4.69, 9.17) is 0 Å². The third kappa shape index (κ3) is 1.71. The van der Waals surface area contributed by atoms with Crippen molar-refractivity contribution in [3.63, 3.8) is 0 Å². The highest BCUT2D eigenvalue weighted by molar-refractivity contribution is 7.98. The van der Waals surface area contributed by atoms with Crippen molar-refractivity contribution in [2.45, 2.75) is 18.5 Å². The lowest BCUT2D eigenvalue weighted by Crippen LogP contribution is -1.91. The number of hydrogen-bond acceptors (Lipinski definition) is 2. The second-order valence-corrected chi connectivity index (χ2v) is 3.07. The van der Waals surface area contributed by atoms with Gasteiger partial charge in [0.25, 0.3) is 0 Å². The summed E-state index contributed by atoms with van der Waals surface area (Å²) in [5, 5.41) is 0. The van der Waals surface area contributed by atoms with E-state index in [1.54, 1.807) is 18.0 Å². The van der Waals surface area contributed by atoms with E-state index in [0.717, 1.165) is 10.5 Å². The average Bonchev–Trinajstić information content (AvgIpc) is 2.05. The van der Waals surface area contributed by atoms with Gasteiger partial charge in [-0.2, -0.15) is 0 Å². The van der Waals surface area contributed by atoms with Gasteiger partial charge in [-0.25, -0.2) is 4.39 Å². The summed E-state index contributed by atoms with van der Waals surface area (Å²) in [6.45, 7) is 1.42. The van der Waals surface area contributed by atoms with Crippen LogP contribution in [0.2, 0.25) is 0 Å². The van der Waals surface area contributed by atoms with Crippen LogP contribution in [-0.4, -0.2) is 11.2 Å². The van der Waals surface area contributed by atoms with Crippen molar-refractivity contribution in [1.29, 1.82) is 0 Å². The first-order valence-corrected chi connectivity index (χ1v) is 4.56. The number of alkyl halides is 1. The predicted octanol–water partition coefficient (Wildman–Crippen LogP) is 2.58. The molecule has 0 aromatic carbocycles. The van der Waals surface area contributed by atoms with E-state index in [9.17, 15) is 4.39 Å². The summed E-state index contributed by atoms with van der Waals surface area (Å²) in [5.41, 5.74) is 1.51. The Kier molecular flexibility index (Phi) is 2.88. The Balaban J connectivity index is 3.10. The minimum atomic E-state index is -0.472. The lowest BCUT2D eigenvalue weighted by molar-refractivity contribution is 0.473. The number of aromatic nitrogens is 1. The van der Waals surface area contributed by atoms with Crippen molar-refractivity contribution in [2.75, 3.05) is 6.26 Å². The SMILES string of the molecule is CSc1ccnc(CF)c1C. The highest BCUT2D eigenvalue weighted by Crippen LogP contribution is 2.21. The van der Waals surface area contributed by atoms with Gasteiger partial charge >= 0.3 is 0 Å². The quantitative estimate of drug-likeness (QED) is 0.634. The van der Waals surface area contributed by atoms with Crippen molar-refractivity contribution in [3.8, 4) is 0 Å². The Morgan fingerprint density at radius 2 is 2.36 bits per heavy atom. The molecule has 1 aromatic rings. The van der Waals surface area contributed by atoms with E-state index in [1.807, 2.05) is 19.2 Å². The van der Waals surface area contributed by atoms with Gasteiger partial charge in [0.2, 0.25) is 0 Å². The molecule has 1 aromatic heterocycles. The first kappa shape index (κ1) is 8.53. The van der Waals surface area contributed by atoms with Crippen LogP contribution in [0.25, 0.3) is 0 Å². The Morgan fingerprint density at radius 3 is 2.91 bits per heavy atom. The lowest BCUT2D eigenvalue weighted by Gasteiger charge is -2.03. The van der Waals surface area contributed by atoms with Crippen molar-refractivity contribution in [3.05, 3.63) is 23.5 Å². The summed E-state index contributed by atoms with van der Waals surface area (Å²) >= 11 is 1.62. The maximum atomic E-state index is 12.2. The summed E-state index contributed by atoms with van der Waals surface area (Å²) in [4.78, 5) is 5.02. The van der Waals surface area contributed by atoms with Crippen molar-refractivity contribution >= 4 is 11.8 Å². The zero-order valence-corrected chi connectivity index (χ0v) is 7.41. The molecule has 0 unspecified atom stereocenters. The molecule has 0 saturated heterocycles. The molecular weight excluding hydrogens is 161 g/mol. The normalized spacial score (nSPS) is 10.1. The maximum Gasteiger partial charge on any atom is 0.132 e. The van der Waals surface area contributed by atoms with E-state index < -0.39 is 6.67 Å². The molecule has 0 atom stereocenters. The van der Waals surface area contributed by atoms with E-state index in [-0.39, 0.29) is 0 Å². The molecular formula is C8H10FNS. The molecule has 0 aliphatic carbocycles. The molecule has 11 heavy (non-hydrogen) atoms. The minimum Gasteiger partial charge on any atom is -0.258 e. The lowest BCUT2D eigenvalue weighted by atomic mass is 10.2. The molecule has 60 valence electrons. The Hall–Kier alpha value is -0.570. The summed E-state index contributed by atoms with van der Waals surface area (Å²) < 4.78 is 12.2. The molecule has 1 heterocycles. The monoisotopic (exact) mass is 171 g/mol. The Bertz CT molecular complexity index is 228. The number of halogens is 1. The third-order valence-corrected chi connectivity index (χ3v) is 2.49. The second-order valence-electron chi connectivity index (χ2n) is 2.22. The Morgan fingerprint density at radius 1 is 1.64 bits per heavy atom. The Labute approximate surface area is 70.0 Å². The fourth-order valence-electron chi connectivity index (χ4n) is 0.915. The molecule has 0 N–H and O–H groups in total. The molecule has 3 heteroatoms. The number of thioether (sulfide) groups is 1. The van der Waals surface area contributed by atoms with Gasteiger partial charge < -0.3 is 0 Å². The molecule has 0 saturated carbocycles. The number of rotatable bonds is 2. The molecule has 0 amide bonds. The molecule has 0 radical (unpaired) electrons. The number of hydrogen-bond donors (Lipinski definition) is 0. The fraction of sp³-hybridized carbons (Fsp3) is 0.375. The standard InChI is InChI=1S/C8H10FNS/c1-6-7(5-9)10-4-3-8(6)11-2/h3-4H,5H2,1-2H3. The zero-order chi connectivity index (χ0) is 8.27. The van der Waals surface area contributed by atoms with Gasteiger partial charge in [-0.05, 0) is 24.8 Å². The average molecular weight is 171 g/mol. The third-order valence-electron chi connectivity index (χ3n) is 1.61.